The van der Waals surface area contributed by atoms with E-state index in [4.69, 9.17) is 21.3 Å². The molecule has 2 bridgehead atoms. The number of carbonyl (C=O) groups excluding carboxylic acids is 1. The molecule has 0 radical (unpaired) electrons. The predicted molar refractivity (Wildman–Crippen MR) is 128 cm³/mol. The van der Waals surface area contributed by atoms with Crippen molar-refractivity contribution in [2.75, 3.05) is 43.0 Å². The predicted octanol–water partition coefficient (Wildman–Crippen LogP) is 2.07. The summed E-state index contributed by atoms with van der Waals surface area (Å²) >= 11 is 6.16. The molecule has 2 aromatic heterocycles. The molecule has 5 heterocycles. The van der Waals surface area contributed by atoms with E-state index >= 15 is 0 Å². The lowest BCUT2D eigenvalue weighted by molar-refractivity contribution is -0.109. The van der Waals surface area contributed by atoms with Gasteiger partial charge in [-0.25, -0.2) is 4.79 Å². The number of nitrogens with one attached hydrogen (secondary N) is 1. The molecule has 3 fully saturated rings. The second-order valence-electron chi connectivity index (χ2n) is 10.4. The fourth-order valence-corrected chi connectivity index (χ4v) is 5.12. The van der Waals surface area contributed by atoms with Crippen LogP contribution in [0.2, 0.25) is 5.02 Å². The highest BCUT2D eigenvalue weighted by Gasteiger charge is 2.45. The molecule has 0 aliphatic carbocycles. The Bertz CT molecular complexity index is 1160. The number of halogens is 1. The molecule has 0 spiro atoms. The summed E-state index contributed by atoms with van der Waals surface area (Å²) in [6.07, 6.45) is 1.51. The fourth-order valence-electron chi connectivity index (χ4n) is 4.96. The molecule has 2 N–H and O–H groups in total. The van der Waals surface area contributed by atoms with Crippen molar-refractivity contribution in [2.45, 2.75) is 57.3 Å². The van der Waals surface area contributed by atoms with Crippen LogP contribution in [0.15, 0.2) is 10.9 Å². The minimum absolute atomic E-state index is 0.000215. The van der Waals surface area contributed by atoms with Crippen molar-refractivity contribution in [3.8, 4) is 0 Å². The van der Waals surface area contributed by atoms with E-state index in [2.05, 4.69) is 14.9 Å². The third-order valence-corrected chi connectivity index (χ3v) is 6.97. The molecule has 2 aromatic rings. The molecule has 5 rings (SSSR count). The lowest BCUT2D eigenvalue weighted by Gasteiger charge is -2.43. The first-order valence-corrected chi connectivity index (χ1v) is 11.9. The zero-order valence-electron chi connectivity index (χ0n) is 19.8. The normalized spacial score (nSPS) is 23.1. The quantitative estimate of drug-likeness (QED) is 0.622. The minimum Gasteiger partial charge on any atom is -0.444 e. The van der Waals surface area contributed by atoms with E-state index < -0.39 is 11.2 Å². The highest BCUT2D eigenvalue weighted by atomic mass is 35.5. The molecule has 1 amide bonds. The van der Waals surface area contributed by atoms with Crippen molar-refractivity contribution >= 4 is 40.5 Å². The Balaban J connectivity index is 1.47. The van der Waals surface area contributed by atoms with E-state index in [-0.39, 0.29) is 29.2 Å². The summed E-state index contributed by atoms with van der Waals surface area (Å²) < 4.78 is 5.65. The van der Waals surface area contributed by atoms with Crippen molar-refractivity contribution in [3.63, 3.8) is 0 Å². The molecule has 3 saturated heterocycles. The van der Waals surface area contributed by atoms with Crippen LogP contribution in [0.5, 0.6) is 0 Å². The van der Waals surface area contributed by atoms with Gasteiger partial charge < -0.3 is 24.7 Å². The number of likely N-dealkylation sites (N-methyl/N-ethyl adjacent to an activating group) is 1. The topological polar surface area (TPSA) is 118 Å². The molecular weight excluding hydrogens is 462 g/mol. The number of hydroxylamine groups is 2. The monoisotopic (exact) mass is 491 g/mol. The van der Waals surface area contributed by atoms with Gasteiger partial charge >= 0.3 is 6.09 Å². The number of aromatic nitrogens is 3. The van der Waals surface area contributed by atoms with Crippen LogP contribution in [0.1, 0.15) is 33.6 Å². The molecule has 12 heteroatoms. The van der Waals surface area contributed by atoms with Crippen molar-refractivity contribution in [3.05, 3.63) is 21.4 Å². The van der Waals surface area contributed by atoms with Crippen LogP contribution in [-0.4, -0.2) is 93.2 Å². The number of anilines is 2. The van der Waals surface area contributed by atoms with Gasteiger partial charge in [0.15, 0.2) is 0 Å². The van der Waals surface area contributed by atoms with Crippen LogP contribution in [0, 0.1) is 0 Å². The van der Waals surface area contributed by atoms with Gasteiger partial charge in [-0.05, 0) is 39.7 Å². The van der Waals surface area contributed by atoms with Gasteiger partial charge in [-0.3, -0.25) is 9.69 Å². The van der Waals surface area contributed by atoms with Crippen molar-refractivity contribution in [2.24, 2.45) is 0 Å². The number of fused-ring (bicyclic) bond motifs is 3. The van der Waals surface area contributed by atoms with Crippen molar-refractivity contribution in [1.82, 2.24) is 24.9 Å². The number of hydrogen-bond donors (Lipinski definition) is 2. The number of piperazine rings is 1. The maximum atomic E-state index is 12.9. The molecule has 184 valence electrons. The summed E-state index contributed by atoms with van der Waals surface area (Å²) in [6, 6.07) is 1.63. The van der Waals surface area contributed by atoms with Crippen LogP contribution >= 0.6 is 11.6 Å². The fraction of sp³-hybridized carbons (Fsp3) is 0.636. The molecule has 3 aliphatic rings. The maximum Gasteiger partial charge on any atom is 0.410 e. The van der Waals surface area contributed by atoms with Crippen molar-refractivity contribution < 1.29 is 14.7 Å². The third-order valence-electron chi connectivity index (χ3n) is 6.69. The zero-order chi connectivity index (χ0) is 24.4. The summed E-state index contributed by atoms with van der Waals surface area (Å²) in [5.41, 5.74) is -0.542. The largest absolute Gasteiger partial charge is 0.444 e. The Morgan fingerprint density at radius 3 is 2.41 bits per heavy atom. The lowest BCUT2D eigenvalue weighted by Crippen LogP contribution is -2.58. The van der Waals surface area contributed by atoms with Gasteiger partial charge in [0.1, 0.15) is 22.1 Å². The Hall–Kier alpha value is -2.63. The Morgan fingerprint density at radius 1 is 1.18 bits per heavy atom. The number of nitrogens with zero attached hydrogens (tertiary/aromatic N) is 6. The lowest BCUT2D eigenvalue weighted by atomic mass is 10.1. The summed E-state index contributed by atoms with van der Waals surface area (Å²) in [5, 5.41) is 11.6. The highest BCUT2D eigenvalue weighted by molar-refractivity contribution is 6.31. The summed E-state index contributed by atoms with van der Waals surface area (Å²) in [4.78, 5) is 43.2. The van der Waals surface area contributed by atoms with Crippen LogP contribution < -0.4 is 15.4 Å². The summed E-state index contributed by atoms with van der Waals surface area (Å²) in [7, 11) is 1.62. The van der Waals surface area contributed by atoms with Crippen LogP contribution in [-0.2, 0) is 4.74 Å². The van der Waals surface area contributed by atoms with Gasteiger partial charge in [0.2, 0.25) is 5.95 Å². The van der Waals surface area contributed by atoms with Gasteiger partial charge in [0.25, 0.3) is 5.56 Å². The summed E-state index contributed by atoms with van der Waals surface area (Å²) in [5.74, 6) is 1.17. The first kappa shape index (κ1) is 23.1. The van der Waals surface area contributed by atoms with Gasteiger partial charge in [0.05, 0.1) is 23.5 Å². The van der Waals surface area contributed by atoms with Gasteiger partial charge in [-0.2, -0.15) is 15.0 Å². The van der Waals surface area contributed by atoms with Crippen LogP contribution in [0.4, 0.5) is 16.6 Å². The smallest absolute Gasteiger partial charge is 0.410 e. The molecule has 0 saturated carbocycles. The zero-order valence-corrected chi connectivity index (χ0v) is 20.5. The molecule has 0 aromatic carbocycles. The van der Waals surface area contributed by atoms with E-state index in [9.17, 15) is 14.8 Å². The molecule has 11 nitrogen and oxygen atoms in total. The number of rotatable bonds is 3. The Morgan fingerprint density at radius 2 is 1.82 bits per heavy atom. The van der Waals surface area contributed by atoms with Gasteiger partial charge in [-0.1, -0.05) is 11.6 Å². The molecular formula is C22H30ClN7O4. The number of ether oxygens (including phenoxy) is 1. The maximum absolute atomic E-state index is 12.9. The number of H-pyrrole nitrogens is 1. The molecule has 3 aliphatic heterocycles. The van der Waals surface area contributed by atoms with Crippen molar-refractivity contribution in [1.29, 1.82) is 0 Å². The molecule has 2 unspecified atom stereocenters. The second-order valence-corrected chi connectivity index (χ2v) is 10.8. The second kappa shape index (κ2) is 8.24. The van der Waals surface area contributed by atoms with E-state index in [0.29, 0.717) is 49.0 Å². The van der Waals surface area contributed by atoms with Crippen LogP contribution in [0.25, 0.3) is 11.0 Å². The van der Waals surface area contributed by atoms with Gasteiger partial charge in [0, 0.05) is 33.2 Å². The van der Waals surface area contributed by atoms with E-state index in [0.717, 1.165) is 12.8 Å². The number of pyridine rings is 1. The highest BCUT2D eigenvalue weighted by Crippen LogP contribution is 2.36. The standard InChI is InChI=1S/C22H30ClN7O4/c1-22(2,3)34-21(32)30-12-5-6-13(30)9-28(8-12)18-15-7-16(23)19(31)24-17(15)25-20(26-18)29-10-14(11-29)27(4)33/h7,12-14,33H,5-6,8-11H2,1-4H3,(H,24,25,26,31). The van der Waals surface area contributed by atoms with E-state index in [1.807, 2.05) is 30.6 Å². The minimum atomic E-state index is -0.550. The number of aromatic amines is 1. The first-order valence-electron chi connectivity index (χ1n) is 11.5. The van der Waals surface area contributed by atoms with E-state index in [1.54, 1.807) is 13.1 Å². The van der Waals surface area contributed by atoms with E-state index in [1.165, 1.54) is 5.06 Å². The third kappa shape index (κ3) is 4.16. The number of hydrogen-bond acceptors (Lipinski definition) is 9. The molecule has 2 atom stereocenters. The Labute approximate surface area is 202 Å². The number of carbonyl (C=O) groups is 1. The first-order chi connectivity index (χ1) is 16.0. The average Bonchev–Trinajstić information content (AvgIpc) is 2.96. The van der Waals surface area contributed by atoms with Crippen LogP contribution in [0.3, 0.4) is 0 Å². The summed E-state index contributed by atoms with van der Waals surface area (Å²) in [6.45, 7) is 7.96. The SMILES string of the molecule is CN(O)C1CN(c2nc(N3CC4CCC(C3)N4C(=O)OC(C)(C)C)c3cc(Cl)c(=O)[nH]c3n2)C1. The molecule has 34 heavy (non-hydrogen) atoms. The average molecular weight is 492 g/mol. The Kier molecular flexibility index (Phi) is 5.61. The van der Waals surface area contributed by atoms with Gasteiger partial charge in [-0.15, -0.1) is 0 Å². The number of amides is 1.